The molecule has 1 fully saturated rings. The first kappa shape index (κ1) is 19.3. The van der Waals surface area contributed by atoms with Gasteiger partial charge in [-0.2, -0.15) is 0 Å². The lowest BCUT2D eigenvalue weighted by atomic mass is 10.0. The third-order valence-electron chi connectivity index (χ3n) is 5.16. The van der Waals surface area contributed by atoms with Gasteiger partial charge in [0.1, 0.15) is 5.69 Å². The summed E-state index contributed by atoms with van der Waals surface area (Å²) in [5, 5.41) is 16.9. The second-order valence-electron chi connectivity index (χ2n) is 7.09. The monoisotopic (exact) mass is 412 g/mol. The minimum Gasteiger partial charge on any atom is -0.478 e. The number of nitrogens with zero attached hydrogens (tertiary/aromatic N) is 4. The summed E-state index contributed by atoms with van der Waals surface area (Å²) in [5.41, 5.74) is 1.44. The van der Waals surface area contributed by atoms with E-state index >= 15 is 0 Å². The molecule has 1 aliphatic carbocycles. The Hall–Kier alpha value is -3.07. The molecule has 1 aromatic carbocycles. The van der Waals surface area contributed by atoms with E-state index in [9.17, 15) is 13.2 Å². The SMILES string of the molecule is O=C(O)c1ccnc(-c2cn(-c3cccc(S(=O)(=O)C4CCCCC4)c3)nn2)c1. The summed E-state index contributed by atoms with van der Waals surface area (Å²) in [6.07, 6.45) is 7.37. The van der Waals surface area contributed by atoms with Gasteiger partial charge in [0.05, 0.1) is 33.3 Å². The van der Waals surface area contributed by atoms with Crippen molar-refractivity contribution in [2.75, 3.05) is 0 Å². The normalized spacial score (nSPS) is 15.3. The molecule has 150 valence electrons. The lowest BCUT2D eigenvalue weighted by Gasteiger charge is -2.21. The highest BCUT2D eigenvalue weighted by molar-refractivity contribution is 7.92. The van der Waals surface area contributed by atoms with Crippen LogP contribution in [0.4, 0.5) is 0 Å². The fraction of sp³-hybridized carbons (Fsp3) is 0.300. The van der Waals surface area contributed by atoms with E-state index in [4.69, 9.17) is 5.11 Å². The van der Waals surface area contributed by atoms with Gasteiger partial charge in [0.25, 0.3) is 0 Å². The van der Waals surface area contributed by atoms with Crippen LogP contribution in [0.3, 0.4) is 0 Å². The second-order valence-corrected chi connectivity index (χ2v) is 9.31. The fourth-order valence-corrected chi connectivity index (χ4v) is 5.47. The summed E-state index contributed by atoms with van der Waals surface area (Å²) in [5.74, 6) is -1.05. The average Bonchev–Trinajstić information content (AvgIpc) is 3.25. The zero-order chi connectivity index (χ0) is 20.4. The molecule has 0 radical (unpaired) electrons. The van der Waals surface area contributed by atoms with E-state index in [0.717, 1.165) is 19.3 Å². The Morgan fingerprint density at radius 1 is 1.07 bits per heavy atom. The molecule has 0 spiro atoms. The molecule has 1 saturated carbocycles. The fourth-order valence-electron chi connectivity index (χ4n) is 3.58. The predicted molar refractivity (Wildman–Crippen MR) is 106 cm³/mol. The van der Waals surface area contributed by atoms with Crippen molar-refractivity contribution >= 4 is 15.8 Å². The van der Waals surface area contributed by atoms with Crippen LogP contribution >= 0.6 is 0 Å². The number of benzene rings is 1. The third kappa shape index (κ3) is 3.91. The largest absolute Gasteiger partial charge is 0.478 e. The maximum Gasteiger partial charge on any atom is 0.335 e. The van der Waals surface area contributed by atoms with Crippen molar-refractivity contribution in [2.24, 2.45) is 0 Å². The molecule has 2 aromatic heterocycles. The molecule has 2 heterocycles. The molecule has 9 heteroatoms. The molecule has 4 rings (SSSR count). The Morgan fingerprint density at radius 3 is 2.62 bits per heavy atom. The maximum absolute atomic E-state index is 13.0. The Morgan fingerprint density at radius 2 is 1.86 bits per heavy atom. The number of aromatic carboxylic acids is 1. The van der Waals surface area contributed by atoms with E-state index in [2.05, 4.69) is 15.3 Å². The van der Waals surface area contributed by atoms with E-state index in [0.29, 0.717) is 29.9 Å². The number of pyridine rings is 1. The van der Waals surface area contributed by atoms with Crippen LogP contribution in [-0.4, -0.2) is 44.7 Å². The lowest BCUT2D eigenvalue weighted by Crippen LogP contribution is -2.24. The van der Waals surface area contributed by atoms with E-state index in [1.165, 1.54) is 23.0 Å². The molecule has 29 heavy (non-hydrogen) atoms. The number of hydrogen-bond acceptors (Lipinski definition) is 6. The number of carboxylic acid groups (broad SMARTS) is 1. The Bertz CT molecular complexity index is 1150. The Kier molecular flexibility index (Phi) is 5.14. The van der Waals surface area contributed by atoms with Crippen molar-refractivity contribution in [1.82, 2.24) is 20.0 Å². The minimum absolute atomic E-state index is 0.102. The van der Waals surface area contributed by atoms with Crippen LogP contribution in [0.15, 0.2) is 53.7 Å². The van der Waals surface area contributed by atoms with Gasteiger partial charge < -0.3 is 5.11 Å². The first-order chi connectivity index (χ1) is 13.9. The number of carbonyl (C=O) groups is 1. The van der Waals surface area contributed by atoms with Crippen LogP contribution in [0.2, 0.25) is 0 Å². The Labute approximate surface area is 168 Å². The number of aromatic nitrogens is 4. The van der Waals surface area contributed by atoms with Gasteiger partial charge >= 0.3 is 5.97 Å². The summed E-state index contributed by atoms with van der Waals surface area (Å²) in [4.78, 5) is 15.6. The van der Waals surface area contributed by atoms with Crippen molar-refractivity contribution in [1.29, 1.82) is 0 Å². The van der Waals surface area contributed by atoms with E-state index < -0.39 is 15.8 Å². The molecule has 0 saturated heterocycles. The van der Waals surface area contributed by atoms with Crippen molar-refractivity contribution in [3.63, 3.8) is 0 Å². The van der Waals surface area contributed by atoms with Gasteiger partial charge in [0.2, 0.25) is 0 Å². The molecular formula is C20H20N4O4S. The zero-order valence-electron chi connectivity index (χ0n) is 15.6. The molecule has 0 unspecified atom stereocenters. The number of rotatable bonds is 5. The molecule has 8 nitrogen and oxygen atoms in total. The summed E-state index contributed by atoms with van der Waals surface area (Å²) >= 11 is 0. The van der Waals surface area contributed by atoms with E-state index in [-0.39, 0.29) is 15.7 Å². The van der Waals surface area contributed by atoms with Gasteiger partial charge in [-0.3, -0.25) is 4.98 Å². The van der Waals surface area contributed by atoms with Gasteiger partial charge in [-0.1, -0.05) is 30.5 Å². The number of sulfone groups is 1. The van der Waals surface area contributed by atoms with Crippen molar-refractivity contribution in [3.05, 3.63) is 54.4 Å². The standard InChI is InChI=1S/C20H20N4O4S/c25-20(26)14-9-10-21-18(11-14)19-13-24(23-22-19)15-5-4-8-17(12-15)29(27,28)16-6-2-1-3-7-16/h4-5,8-13,16H,1-3,6-7H2,(H,25,26). The number of hydrogen-bond donors (Lipinski definition) is 1. The molecule has 3 aromatic rings. The maximum atomic E-state index is 13.0. The Balaban J connectivity index is 1.64. The van der Waals surface area contributed by atoms with Crippen LogP contribution in [0, 0.1) is 0 Å². The first-order valence-corrected chi connectivity index (χ1v) is 11.0. The summed E-state index contributed by atoms with van der Waals surface area (Å²) in [6, 6.07) is 9.47. The smallest absolute Gasteiger partial charge is 0.335 e. The van der Waals surface area contributed by atoms with Gasteiger partial charge in [-0.25, -0.2) is 17.9 Å². The van der Waals surface area contributed by atoms with Crippen molar-refractivity contribution < 1.29 is 18.3 Å². The van der Waals surface area contributed by atoms with E-state index in [1.807, 2.05) is 0 Å². The van der Waals surface area contributed by atoms with Gasteiger partial charge in [0, 0.05) is 6.20 Å². The molecule has 0 amide bonds. The van der Waals surface area contributed by atoms with Crippen molar-refractivity contribution in [3.8, 4) is 17.1 Å². The quantitative estimate of drug-likeness (QED) is 0.684. The predicted octanol–water partition coefficient (Wildman–Crippen LogP) is 3.13. The third-order valence-corrected chi connectivity index (χ3v) is 7.42. The van der Waals surface area contributed by atoms with Gasteiger partial charge in [-0.05, 0) is 43.2 Å². The molecular weight excluding hydrogens is 392 g/mol. The zero-order valence-corrected chi connectivity index (χ0v) is 16.4. The molecule has 1 N–H and O–H groups in total. The molecule has 0 bridgehead atoms. The summed E-state index contributed by atoms with van der Waals surface area (Å²) in [7, 11) is -3.39. The highest BCUT2D eigenvalue weighted by Crippen LogP contribution is 2.29. The summed E-state index contributed by atoms with van der Waals surface area (Å²) in [6.45, 7) is 0. The molecule has 0 atom stereocenters. The van der Waals surface area contributed by atoms with Crippen molar-refractivity contribution in [2.45, 2.75) is 42.2 Å². The van der Waals surface area contributed by atoms with Gasteiger partial charge in [-0.15, -0.1) is 5.10 Å². The highest BCUT2D eigenvalue weighted by atomic mass is 32.2. The average molecular weight is 412 g/mol. The summed E-state index contributed by atoms with van der Waals surface area (Å²) < 4.78 is 27.4. The molecule has 0 aliphatic heterocycles. The highest BCUT2D eigenvalue weighted by Gasteiger charge is 2.29. The topological polar surface area (TPSA) is 115 Å². The second kappa shape index (κ2) is 7.75. The van der Waals surface area contributed by atoms with Gasteiger partial charge in [0.15, 0.2) is 9.84 Å². The number of carboxylic acids is 1. The molecule has 1 aliphatic rings. The minimum atomic E-state index is -3.39. The van der Waals surface area contributed by atoms with Crippen LogP contribution in [-0.2, 0) is 9.84 Å². The van der Waals surface area contributed by atoms with Crippen LogP contribution in [0.25, 0.3) is 17.1 Å². The van der Waals surface area contributed by atoms with Crippen LogP contribution in [0.1, 0.15) is 42.5 Å². The van der Waals surface area contributed by atoms with Crippen LogP contribution in [0.5, 0.6) is 0 Å². The van der Waals surface area contributed by atoms with Crippen LogP contribution < -0.4 is 0 Å². The van der Waals surface area contributed by atoms with E-state index in [1.54, 1.807) is 30.5 Å². The first-order valence-electron chi connectivity index (χ1n) is 9.41. The lowest BCUT2D eigenvalue weighted by molar-refractivity contribution is 0.0696.